The molecule has 0 fully saturated rings. The summed E-state index contributed by atoms with van der Waals surface area (Å²) in [5.74, 6) is 0. The van der Waals surface area contributed by atoms with Crippen molar-refractivity contribution >= 4 is 0 Å². The van der Waals surface area contributed by atoms with E-state index in [2.05, 4.69) is 0 Å². The second-order valence-electron chi connectivity index (χ2n) is 5.04. The minimum atomic E-state index is -0.944. The molecule has 0 rings (SSSR count). The summed E-state index contributed by atoms with van der Waals surface area (Å²) in [7, 11) is 0. The largest absolute Gasteiger partial charge is 0.394 e. The molecule has 0 saturated heterocycles. The Morgan fingerprint density at radius 2 is 0.769 bits per heavy atom. The number of nitrogens with two attached hydrogens (primary N) is 1. The summed E-state index contributed by atoms with van der Waals surface area (Å²) in [5.41, 5.74) is 5.11. The Bertz CT molecular complexity index is 260. The Morgan fingerprint density at radius 3 is 1.04 bits per heavy atom. The molecule has 0 aromatic rings. The Labute approximate surface area is 155 Å². The predicted octanol–water partition coefficient (Wildman–Crippen LogP) is -1.63. The minimum Gasteiger partial charge on any atom is -0.394 e. The van der Waals surface area contributed by atoms with E-state index in [-0.39, 0.29) is 13.2 Å². The standard InChI is InChI=1S/C16H35NO9/c17-16(19)15-26-14-13-25-12-11-24-10-9-23-8-7-22-6-5-21-4-3-20-2-1-18/h16,18-19H,1-15,17H2/t16-/m0/s1. The molecule has 0 unspecified atom stereocenters. The fourth-order valence-electron chi connectivity index (χ4n) is 1.59. The third-order valence-electron chi connectivity index (χ3n) is 2.76. The number of hydrogen-bond donors (Lipinski definition) is 3. The molecule has 10 nitrogen and oxygen atoms in total. The second-order valence-corrected chi connectivity index (χ2v) is 5.04. The average molecular weight is 385 g/mol. The molecular formula is C16H35NO9. The molecule has 0 radical (unpaired) electrons. The van der Waals surface area contributed by atoms with Crippen LogP contribution in [0.4, 0.5) is 0 Å². The van der Waals surface area contributed by atoms with Gasteiger partial charge in [-0.1, -0.05) is 0 Å². The van der Waals surface area contributed by atoms with Gasteiger partial charge in [0.05, 0.1) is 99.1 Å². The molecule has 0 bridgehead atoms. The number of aliphatic hydroxyl groups is 2. The molecule has 0 aliphatic heterocycles. The molecule has 0 aromatic heterocycles. The van der Waals surface area contributed by atoms with Gasteiger partial charge in [-0.3, -0.25) is 0 Å². The van der Waals surface area contributed by atoms with Gasteiger partial charge in [0.1, 0.15) is 6.23 Å². The van der Waals surface area contributed by atoms with E-state index in [1.807, 2.05) is 0 Å². The molecule has 0 amide bonds. The van der Waals surface area contributed by atoms with Crippen molar-refractivity contribution in [1.29, 1.82) is 0 Å². The number of hydrogen-bond acceptors (Lipinski definition) is 10. The zero-order chi connectivity index (χ0) is 19.1. The Morgan fingerprint density at radius 1 is 0.500 bits per heavy atom. The summed E-state index contributed by atoms with van der Waals surface area (Å²) < 4.78 is 36.7. The van der Waals surface area contributed by atoms with E-state index in [0.29, 0.717) is 85.9 Å². The molecule has 1 atom stereocenters. The molecule has 0 saturated carbocycles. The molecule has 0 aliphatic carbocycles. The molecule has 158 valence electrons. The van der Waals surface area contributed by atoms with E-state index in [1.165, 1.54) is 0 Å². The van der Waals surface area contributed by atoms with Crippen LogP contribution >= 0.6 is 0 Å². The summed E-state index contributed by atoms with van der Waals surface area (Å²) in [6.45, 7) is 6.23. The first kappa shape index (κ1) is 25.6. The van der Waals surface area contributed by atoms with Gasteiger partial charge in [-0.25, -0.2) is 0 Å². The summed E-state index contributed by atoms with van der Waals surface area (Å²) in [4.78, 5) is 0. The SMILES string of the molecule is N[C@@H](O)COCCOCCOCCOCCOCCOCCOCCO. The lowest BCUT2D eigenvalue weighted by Gasteiger charge is -2.08. The molecule has 26 heavy (non-hydrogen) atoms. The molecule has 4 N–H and O–H groups in total. The van der Waals surface area contributed by atoms with Gasteiger partial charge in [0.25, 0.3) is 0 Å². The lowest BCUT2D eigenvalue weighted by molar-refractivity contribution is -0.0256. The number of aliphatic hydroxyl groups excluding tert-OH is 2. The third-order valence-corrected chi connectivity index (χ3v) is 2.76. The fourth-order valence-corrected chi connectivity index (χ4v) is 1.59. The zero-order valence-electron chi connectivity index (χ0n) is 15.5. The van der Waals surface area contributed by atoms with Gasteiger partial charge < -0.3 is 49.1 Å². The zero-order valence-corrected chi connectivity index (χ0v) is 15.5. The minimum absolute atomic E-state index is 0.0272. The maximum absolute atomic E-state index is 8.77. The molecule has 10 heteroatoms. The van der Waals surface area contributed by atoms with Crippen molar-refractivity contribution in [3.8, 4) is 0 Å². The van der Waals surface area contributed by atoms with E-state index >= 15 is 0 Å². The van der Waals surface area contributed by atoms with Gasteiger partial charge in [0.2, 0.25) is 0 Å². The first-order chi connectivity index (χ1) is 12.8. The highest BCUT2D eigenvalue weighted by molar-refractivity contribution is 4.40. The first-order valence-corrected chi connectivity index (χ1v) is 8.86. The van der Waals surface area contributed by atoms with Crippen LogP contribution in [0.25, 0.3) is 0 Å². The van der Waals surface area contributed by atoms with Crippen LogP contribution in [0.2, 0.25) is 0 Å². The van der Waals surface area contributed by atoms with Crippen LogP contribution in [0.15, 0.2) is 0 Å². The lowest BCUT2D eigenvalue weighted by atomic mass is 10.6. The van der Waals surface area contributed by atoms with Crippen molar-refractivity contribution in [2.45, 2.75) is 6.23 Å². The van der Waals surface area contributed by atoms with Crippen LogP contribution < -0.4 is 5.73 Å². The monoisotopic (exact) mass is 385 g/mol. The van der Waals surface area contributed by atoms with Crippen LogP contribution in [-0.2, 0) is 33.2 Å². The van der Waals surface area contributed by atoms with Gasteiger partial charge in [0.15, 0.2) is 0 Å². The molecular weight excluding hydrogens is 350 g/mol. The maximum atomic E-state index is 8.77. The van der Waals surface area contributed by atoms with Crippen LogP contribution in [0.1, 0.15) is 0 Å². The van der Waals surface area contributed by atoms with E-state index in [0.717, 1.165) is 0 Å². The van der Waals surface area contributed by atoms with Crippen molar-refractivity contribution < 1.29 is 43.4 Å². The van der Waals surface area contributed by atoms with Gasteiger partial charge in [0, 0.05) is 0 Å². The third kappa shape index (κ3) is 23.6. The smallest absolute Gasteiger partial charge is 0.126 e. The van der Waals surface area contributed by atoms with Crippen LogP contribution in [0, 0.1) is 0 Å². The average Bonchev–Trinajstić information content (AvgIpc) is 2.62. The van der Waals surface area contributed by atoms with Crippen LogP contribution in [0.5, 0.6) is 0 Å². The summed E-state index contributed by atoms with van der Waals surface area (Å²) >= 11 is 0. The molecule has 0 aromatic carbocycles. The fraction of sp³-hybridized carbons (Fsp3) is 1.00. The topological polar surface area (TPSA) is 131 Å². The van der Waals surface area contributed by atoms with Crippen molar-refractivity contribution in [2.75, 3.05) is 99.1 Å². The van der Waals surface area contributed by atoms with E-state index in [1.54, 1.807) is 0 Å². The van der Waals surface area contributed by atoms with Crippen molar-refractivity contribution in [3.63, 3.8) is 0 Å². The highest BCUT2D eigenvalue weighted by atomic mass is 16.6. The van der Waals surface area contributed by atoms with Crippen molar-refractivity contribution in [2.24, 2.45) is 5.73 Å². The first-order valence-electron chi connectivity index (χ1n) is 8.86. The highest BCUT2D eigenvalue weighted by Crippen LogP contribution is 1.85. The second kappa shape index (κ2) is 22.6. The maximum Gasteiger partial charge on any atom is 0.126 e. The number of ether oxygens (including phenoxy) is 7. The Balaban J connectivity index is 2.97. The Hall–Kier alpha value is -0.400. The van der Waals surface area contributed by atoms with Crippen LogP contribution in [-0.4, -0.2) is 116 Å². The highest BCUT2D eigenvalue weighted by Gasteiger charge is 1.96. The summed E-state index contributed by atoms with van der Waals surface area (Å²) in [6, 6.07) is 0. The van der Waals surface area contributed by atoms with Gasteiger partial charge in [-0.2, -0.15) is 0 Å². The van der Waals surface area contributed by atoms with Crippen molar-refractivity contribution in [3.05, 3.63) is 0 Å². The van der Waals surface area contributed by atoms with Gasteiger partial charge in [-0.15, -0.1) is 0 Å². The van der Waals surface area contributed by atoms with E-state index in [4.69, 9.17) is 49.1 Å². The molecule has 0 aliphatic rings. The van der Waals surface area contributed by atoms with Crippen LogP contribution in [0.3, 0.4) is 0 Å². The van der Waals surface area contributed by atoms with Gasteiger partial charge >= 0.3 is 0 Å². The lowest BCUT2D eigenvalue weighted by Crippen LogP contribution is -2.26. The van der Waals surface area contributed by atoms with Gasteiger partial charge in [-0.05, 0) is 0 Å². The van der Waals surface area contributed by atoms with Crippen molar-refractivity contribution in [1.82, 2.24) is 0 Å². The Kier molecular flexibility index (Phi) is 22.3. The normalized spacial score (nSPS) is 12.6. The quantitative estimate of drug-likeness (QED) is 0.147. The van der Waals surface area contributed by atoms with E-state index < -0.39 is 6.23 Å². The summed E-state index contributed by atoms with van der Waals surface area (Å²) in [5, 5.41) is 17.3. The number of rotatable bonds is 22. The molecule has 0 heterocycles. The summed E-state index contributed by atoms with van der Waals surface area (Å²) in [6.07, 6.45) is -0.944. The molecule has 0 spiro atoms. The predicted molar refractivity (Wildman–Crippen MR) is 93.0 cm³/mol. The van der Waals surface area contributed by atoms with E-state index in [9.17, 15) is 0 Å².